The van der Waals surface area contributed by atoms with Crippen molar-refractivity contribution in [3.8, 4) is 0 Å². The quantitative estimate of drug-likeness (QED) is 0.799. The number of anilines is 1. The molecular formula is C12H16N2O3. The highest BCUT2D eigenvalue weighted by Gasteiger charge is 2.18. The van der Waals surface area contributed by atoms with Gasteiger partial charge < -0.3 is 15.2 Å². The molecule has 0 saturated carbocycles. The molecule has 17 heavy (non-hydrogen) atoms. The highest BCUT2D eigenvalue weighted by atomic mass is 16.5. The summed E-state index contributed by atoms with van der Waals surface area (Å²) in [5.41, 5.74) is 6.19. The minimum absolute atomic E-state index is 0.194. The summed E-state index contributed by atoms with van der Waals surface area (Å²) in [5, 5.41) is 0. The number of rotatable bonds is 3. The van der Waals surface area contributed by atoms with Gasteiger partial charge in [-0.05, 0) is 30.9 Å². The van der Waals surface area contributed by atoms with Crippen LogP contribution in [0.3, 0.4) is 0 Å². The maximum Gasteiger partial charge on any atom is 0.359 e. The van der Waals surface area contributed by atoms with Crippen molar-refractivity contribution < 1.29 is 14.3 Å². The van der Waals surface area contributed by atoms with Crippen LogP contribution in [0.2, 0.25) is 0 Å². The Labute approximate surface area is 99.9 Å². The predicted octanol–water partition coefficient (Wildman–Crippen LogP) is 1.25. The number of nitrogens with zero attached hydrogens (tertiary/aromatic N) is 1. The Balaban J connectivity index is 1.87. The molecule has 0 unspecified atom stereocenters. The van der Waals surface area contributed by atoms with Gasteiger partial charge in [0.05, 0.1) is 12.3 Å². The molecule has 1 saturated heterocycles. The molecule has 1 fully saturated rings. The summed E-state index contributed by atoms with van der Waals surface area (Å²) in [7, 11) is 0. The van der Waals surface area contributed by atoms with Crippen LogP contribution in [0, 0.1) is 5.92 Å². The lowest BCUT2D eigenvalue weighted by molar-refractivity contribution is 0.0182. The van der Waals surface area contributed by atoms with Crippen LogP contribution in [0.25, 0.3) is 0 Å². The fourth-order valence-corrected chi connectivity index (χ4v) is 1.76. The van der Waals surface area contributed by atoms with Crippen molar-refractivity contribution >= 4 is 11.7 Å². The van der Waals surface area contributed by atoms with Crippen molar-refractivity contribution in [3.05, 3.63) is 24.0 Å². The zero-order chi connectivity index (χ0) is 12.1. The van der Waals surface area contributed by atoms with E-state index in [1.165, 1.54) is 6.20 Å². The summed E-state index contributed by atoms with van der Waals surface area (Å²) in [6.07, 6.45) is 3.40. The van der Waals surface area contributed by atoms with Gasteiger partial charge in [-0.3, -0.25) is 0 Å². The Kier molecular flexibility index (Phi) is 3.93. The molecule has 5 heteroatoms. The van der Waals surface area contributed by atoms with Crippen molar-refractivity contribution in [2.45, 2.75) is 12.8 Å². The number of hydrogen-bond acceptors (Lipinski definition) is 5. The minimum Gasteiger partial charge on any atom is -0.461 e. The van der Waals surface area contributed by atoms with Gasteiger partial charge in [0, 0.05) is 19.4 Å². The Bertz CT molecular complexity index is 389. The van der Waals surface area contributed by atoms with E-state index in [9.17, 15) is 4.79 Å². The lowest BCUT2D eigenvalue weighted by Gasteiger charge is -2.21. The van der Waals surface area contributed by atoms with Crippen LogP contribution in [-0.4, -0.2) is 30.8 Å². The summed E-state index contributed by atoms with van der Waals surface area (Å²) in [4.78, 5) is 15.6. The van der Waals surface area contributed by atoms with Crippen LogP contribution < -0.4 is 5.73 Å². The molecule has 0 atom stereocenters. The third-order valence-corrected chi connectivity index (χ3v) is 2.82. The normalized spacial score (nSPS) is 16.7. The summed E-state index contributed by atoms with van der Waals surface area (Å²) in [6.45, 7) is 1.90. The molecule has 92 valence electrons. The number of nitrogens with two attached hydrogens (primary N) is 1. The van der Waals surface area contributed by atoms with Gasteiger partial charge in [0.15, 0.2) is 5.69 Å². The van der Waals surface area contributed by atoms with Gasteiger partial charge in [-0.25, -0.2) is 9.78 Å². The summed E-state index contributed by atoms with van der Waals surface area (Å²) < 4.78 is 10.4. The first-order chi connectivity index (χ1) is 8.27. The third-order valence-electron chi connectivity index (χ3n) is 2.82. The molecule has 0 spiro atoms. The van der Waals surface area contributed by atoms with E-state index in [0.717, 1.165) is 26.1 Å². The summed E-state index contributed by atoms with van der Waals surface area (Å²) in [5.74, 6) is -0.0628. The van der Waals surface area contributed by atoms with E-state index in [1.807, 2.05) is 0 Å². The SMILES string of the molecule is Nc1cccnc1C(=O)OCC1CCOCC1. The first-order valence-corrected chi connectivity index (χ1v) is 5.72. The molecule has 5 nitrogen and oxygen atoms in total. The van der Waals surface area contributed by atoms with E-state index in [1.54, 1.807) is 12.1 Å². The molecular weight excluding hydrogens is 220 g/mol. The summed E-state index contributed by atoms with van der Waals surface area (Å²) in [6, 6.07) is 3.32. The zero-order valence-corrected chi connectivity index (χ0v) is 9.59. The molecule has 0 aromatic carbocycles. The van der Waals surface area contributed by atoms with E-state index < -0.39 is 5.97 Å². The van der Waals surface area contributed by atoms with E-state index in [4.69, 9.17) is 15.2 Å². The van der Waals surface area contributed by atoms with Crippen LogP contribution in [0.4, 0.5) is 5.69 Å². The molecule has 0 bridgehead atoms. The van der Waals surface area contributed by atoms with E-state index in [-0.39, 0.29) is 5.69 Å². The molecule has 2 N–H and O–H groups in total. The highest BCUT2D eigenvalue weighted by Crippen LogP contribution is 2.16. The first-order valence-electron chi connectivity index (χ1n) is 5.72. The predicted molar refractivity (Wildman–Crippen MR) is 62.5 cm³/mol. The van der Waals surface area contributed by atoms with Gasteiger partial charge >= 0.3 is 5.97 Å². The molecule has 0 amide bonds. The zero-order valence-electron chi connectivity index (χ0n) is 9.59. The maximum absolute atomic E-state index is 11.7. The Morgan fingerprint density at radius 1 is 1.53 bits per heavy atom. The average Bonchev–Trinajstić information content (AvgIpc) is 2.38. The highest BCUT2D eigenvalue weighted by molar-refractivity contribution is 5.92. The molecule has 2 heterocycles. The molecule has 1 aromatic heterocycles. The van der Waals surface area contributed by atoms with Gasteiger partial charge in [0.1, 0.15) is 0 Å². The third kappa shape index (κ3) is 3.17. The van der Waals surface area contributed by atoms with Crippen LogP contribution >= 0.6 is 0 Å². The first kappa shape index (κ1) is 11.9. The van der Waals surface area contributed by atoms with Gasteiger partial charge in [-0.2, -0.15) is 0 Å². The van der Waals surface area contributed by atoms with Crippen molar-refractivity contribution in [1.29, 1.82) is 0 Å². The largest absolute Gasteiger partial charge is 0.461 e. The molecule has 1 aromatic rings. The molecule has 0 radical (unpaired) electrons. The van der Waals surface area contributed by atoms with Crippen molar-refractivity contribution in [1.82, 2.24) is 4.98 Å². The fourth-order valence-electron chi connectivity index (χ4n) is 1.76. The molecule has 1 aliphatic rings. The van der Waals surface area contributed by atoms with E-state index in [2.05, 4.69) is 4.98 Å². The molecule has 0 aliphatic carbocycles. The monoisotopic (exact) mass is 236 g/mol. The van der Waals surface area contributed by atoms with Crippen LogP contribution in [-0.2, 0) is 9.47 Å². The number of ether oxygens (including phenoxy) is 2. The number of pyridine rings is 1. The molecule has 1 aliphatic heterocycles. The van der Waals surface area contributed by atoms with Crippen molar-refractivity contribution in [2.75, 3.05) is 25.6 Å². The molecule has 2 rings (SSSR count). The second kappa shape index (κ2) is 5.63. The van der Waals surface area contributed by atoms with Crippen LogP contribution in [0.15, 0.2) is 18.3 Å². The number of carbonyl (C=O) groups is 1. The lowest BCUT2D eigenvalue weighted by Crippen LogP contribution is -2.22. The summed E-state index contributed by atoms with van der Waals surface area (Å²) >= 11 is 0. The van der Waals surface area contributed by atoms with Crippen molar-refractivity contribution in [2.24, 2.45) is 5.92 Å². The van der Waals surface area contributed by atoms with Gasteiger partial charge in [0.2, 0.25) is 0 Å². The second-order valence-corrected chi connectivity index (χ2v) is 4.10. The van der Waals surface area contributed by atoms with Gasteiger partial charge in [-0.15, -0.1) is 0 Å². The topological polar surface area (TPSA) is 74.4 Å². The Morgan fingerprint density at radius 2 is 2.29 bits per heavy atom. The van der Waals surface area contributed by atoms with E-state index >= 15 is 0 Å². The van der Waals surface area contributed by atoms with Crippen molar-refractivity contribution in [3.63, 3.8) is 0 Å². The number of aromatic nitrogens is 1. The average molecular weight is 236 g/mol. The van der Waals surface area contributed by atoms with Crippen LogP contribution in [0.1, 0.15) is 23.3 Å². The fraction of sp³-hybridized carbons (Fsp3) is 0.500. The second-order valence-electron chi connectivity index (χ2n) is 4.10. The van der Waals surface area contributed by atoms with Crippen LogP contribution in [0.5, 0.6) is 0 Å². The van der Waals surface area contributed by atoms with E-state index in [0.29, 0.717) is 18.2 Å². The number of esters is 1. The number of nitrogen functional groups attached to an aromatic ring is 1. The standard InChI is InChI=1S/C12H16N2O3/c13-10-2-1-5-14-11(10)12(15)17-8-9-3-6-16-7-4-9/h1-2,5,9H,3-4,6-8,13H2. The maximum atomic E-state index is 11.7. The Morgan fingerprint density at radius 3 is 3.00 bits per heavy atom. The Hall–Kier alpha value is -1.62. The number of hydrogen-bond donors (Lipinski definition) is 1. The van der Waals surface area contributed by atoms with Gasteiger partial charge in [-0.1, -0.05) is 0 Å². The van der Waals surface area contributed by atoms with Gasteiger partial charge in [0.25, 0.3) is 0 Å². The number of carbonyl (C=O) groups excluding carboxylic acids is 1. The smallest absolute Gasteiger partial charge is 0.359 e. The lowest BCUT2D eigenvalue weighted by atomic mass is 10.0. The minimum atomic E-state index is -0.449.